The van der Waals surface area contributed by atoms with Gasteiger partial charge in [-0.15, -0.1) is 12.4 Å². The molecule has 1 unspecified atom stereocenters. The number of nitrogens with one attached hydrogen (secondary N) is 1. The number of aromatic nitrogens is 2. The Balaban J connectivity index is 0.00000147. The van der Waals surface area contributed by atoms with E-state index in [-0.39, 0.29) is 12.4 Å². The average Bonchev–Trinajstić information content (AvgIpc) is 3.00. The van der Waals surface area contributed by atoms with Crippen molar-refractivity contribution >= 4 is 24.0 Å². The molecule has 0 radical (unpaired) electrons. The highest BCUT2D eigenvalue weighted by atomic mass is 35.5. The van der Waals surface area contributed by atoms with Gasteiger partial charge in [-0.1, -0.05) is 18.5 Å². The smallest absolute Gasteiger partial charge is 0.0785 e. The highest BCUT2D eigenvalue weighted by Crippen LogP contribution is 2.29. The molecule has 0 amide bonds. The summed E-state index contributed by atoms with van der Waals surface area (Å²) >= 11 is 5.94. The lowest BCUT2D eigenvalue weighted by molar-refractivity contribution is 0.127. The Labute approximate surface area is 132 Å². The molecule has 2 fully saturated rings. The molecular weight excluding hydrogens is 295 g/mol. The van der Waals surface area contributed by atoms with Crippen LogP contribution in [0.15, 0.2) is 12.4 Å². The molecule has 0 bridgehead atoms. The maximum absolute atomic E-state index is 5.94. The zero-order valence-electron chi connectivity index (χ0n) is 12.0. The van der Waals surface area contributed by atoms with E-state index >= 15 is 0 Å². The van der Waals surface area contributed by atoms with Gasteiger partial charge in [-0.3, -0.25) is 4.68 Å². The van der Waals surface area contributed by atoms with Crippen LogP contribution in [0.25, 0.3) is 0 Å². The van der Waals surface area contributed by atoms with Crippen LogP contribution in [0, 0.1) is 5.41 Å². The zero-order chi connectivity index (χ0) is 13.3. The van der Waals surface area contributed by atoms with Gasteiger partial charge in [-0.25, -0.2) is 0 Å². The zero-order valence-corrected chi connectivity index (χ0v) is 13.6. The highest BCUT2D eigenvalue weighted by Gasteiger charge is 2.32. The second-order valence-electron chi connectivity index (χ2n) is 6.38. The van der Waals surface area contributed by atoms with E-state index < -0.39 is 0 Å². The van der Waals surface area contributed by atoms with Crippen molar-refractivity contribution in [3.05, 3.63) is 17.4 Å². The van der Waals surface area contributed by atoms with Gasteiger partial charge in [0.1, 0.15) is 0 Å². The van der Waals surface area contributed by atoms with Crippen LogP contribution >= 0.6 is 24.0 Å². The van der Waals surface area contributed by atoms with E-state index in [4.69, 9.17) is 11.6 Å². The van der Waals surface area contributed by atoms with Gasteiger partial charge in [0.15, 0.2) is 0 Å². The summed E-state index contributed by atoms with van der Waals surface area (Å²) in [4.78, 5) is 2.62. The number of piperidine rings is 1. The predicted molar refractivity (Wildman–Crippen MR) is 84.8 cm³/mol. The maximum atomic E-state index is 5.94. The fraction of sp³-hybridized carbons (Fsp3) is 0.786. The standard InChI is InChI=1S/C14H23ClN4.ClH/c1-14(4-5-16-10-14)11-18-6-2-13(3-7-18)19-9-12(15)8-17-19;/h8-9,13,16H,2-7,10-11H2,1H3;1H. The minimum absolute atomic E-state index is 0. The Kier molecular flexibility index (Phi) is 5.35. The van der Waals surface area contributed by atoms with E-state index in [1.165, 1.54) is 52.0 Å². The van der Waals surface area contributed by atoms with Crippen LogP contribution in [0.3, 0.4) is 0 Å². The summed E-state index contributed by atoms with van der Waals surface area (Å²) in [6.07, 6.45) is 7.36. The van der Waals surface area contributed by atoms with Gasteiger partial charge >= 0.3 is 0 Å². The summed E-state index contributed by atoms with van der Waals surface area (Å²) in [7, 11) is 0. The van der Waals surface area contributed by atoms with Crippen LogP contribution in [0.2, 0.25) is 5.02 Å². The molecule has 2 saturated heterocycles. The second kappa shape index (κ2) is 6.65. The van der Waals surface area contributed by atoms with Crippen molar-refractivity contribution in [2.45, 2.75) is 32.2 Å². The molecule has 4 nitrogen and oxygen atoms in total. The van der Waals surface area contributed by atoms with Gasteiger partial charge in [-0.2, -0.15) is 5.10 Å². The van der Waals surface area contributed by atoms with Crippen molar-refractivity contribution in [3.8, 4) is 0 Å². The Hall–Kier alpha value is -0.290. The molecule has 1 aromatic rings. The third-order valence-electron chi connectivity index (χ3n) is 4.56. The van der Waals surface area contributed by atoms with Crippen LogP contribution < -0.4 is 5.32 Å². The van der Waals surface area contributed by atoms with Gasteiger partial charge in [0.2, 0.25) is 0 Å². The monoisotopic (exact) mass is 318 g/mol. The molecule has 1 aromatic heterocycles. The normalized spacial score (nSPS) is 28.5. The number of likely N-dealkylation sites (tertiary alicyclic amines) is 1. The first kappa shape index (κ1) is 16.1. The number of hydrogen-bond donors (Lipinski definition) is 1. The molecule has 3 rings (SSSR count). The minimum atomic E-state index is 0. The quantitative estimate of drug-likeness (QED) is 0.930. The highest BCUT2D eigenvalue weighted by molar-refractivity contribution is 6.30. The van der Waals surface area contributed by atoms with Gasteiger partial charge in [0.05, 0.1) is 17.3 Å². The maximum Gasteiger partial charge on any atom is 0.0785 e. The fourth-order valence-corrected chi connectivity index (χ4v) is 3.54. The summed E-state index contributed by atoms with van der Waals surface area (Å²) in [6.45, 7) is 8.34. The molecule has 1 N–H and O–H groups in total. The number of rotatable bonds is 3. The van der Waals surface area contributed by atoms with E-state index in [0.717, 1.165) is 5.02 Å². The molecular formula is C14H24Cl2N4. The summed E-state index contributed by atoms with van der Waals surface area (Å²) in [6, 6.07) is 0.526. The van der Waals surface area contributed by atoms with Crippen LogP contribution in [-0.2, 0) is 0 Å². The lowest BCUT2D eigenvalue weighted by Crippen LogP contribution is -2.42. The molecule has 3 heterocycles. The largest absolute Gasteiger partial charge is 0.316 e. The van der Waals surface area contributed by atoms with Gasteiger partial charge < -0.3 is 10.2 Å². The first-order valence-electron chi connectivity index (χ1n) is 7.27. The molecule has 6 heteroatoms. The molecule has 2 aliphatic rings. The van der Waals surface area contributed by atoms with Crippen LogP contribution in [-0.4, -0.2) is 47.4 Å². The first-order chi connectivity index (χ1) is 9.15. The molecule has 1 atom stereocenters. The van der Waals surface area contributed by atoms with Crippen molar-refractivity contribution in [2.75, 3.05) is 32.7 Å². The Morgan fingerprint density at radius 1 is 1.45 bits per heavy atom. The van der Waals surface area contributed by atoms with Crippen molar-refractivity contribution < 1.29 is 0 Å². The van der Waals surface area contributed by atoms with Crippen LogP contribution in [0.5, 0.6) is 0 Å². The van der Waals surface area contributed by atoms with E-state index in [9.17, 15) is 0 Å². The van der Waals surface area contributed by atoms with Crippen molar-refractivity contribution in [1.82, 2.24) is 20.0 Å². The summed E-state index contributed by atoms with van der Waals surface area (Å²) in [5.41, 5.74) is 0.474. The number of hydrogen-bond acceptors (Lipinski definition) is 3. The van der Waals surface area contributed by atoms with Crippen molar-refractivity contribution in [1.29, 1.82) is 0 Å². The van der Waals surface area contributed by atoms with Crippen molar-refractivity contribution in [3.63, 3.8) is 0 Å². The Morgan fingerprint density at radius 2 is 2.20 bits per heavy atom. The van der Waals surface area contributed by atoms with E-state index in [0.29, 0.717) is 11.5 Å². The van der Waals surface area contributed by atoms with E-state index in [1.807, 2.05) is 10.9 Å². The van der Waals surface area contributed by atoms with Crippen LogP contribution in [0.1, 0.15) is 32.2 Å². The number of halogens is 2. The molecule has 0 aromatic carbocycles. The average molecular weight is 319 g/mol. The second-order valence-corrected chi connectivity index (χ2v) is 6.82. The predicted octanol–water partition coefficient (Wildman–Crippen LogP) is 2.59. The molecule has 0 spiro atoms. The fourth-order valence-electron chi connectivity index (χ4n) is 3.40. The topological polar surface area (TPSA) is 33.1 Å². The molecule has 20 heavy (non-hydrogen) atoms. The van der Waals surface area contributed by atoms with Crippen LogP contribution in [0.4, 0.5) is 0 Å². The van der Waals surface area contributed by atoms with E-state index in [2.05, 4.69) is 22.2 Å². The third-order valence-corrected chi connectivity index (χ3v) is 4.76. The summed E-state index contributed by atoms with van der Waals surface area (Å²) < 4.78 is 2.04. The molecule has 0 saturated carbocycles. The Morgan fingerprint density at radius 3 is 2.75 bits per heavy atom. The first-order valence-corrected chi connectivity index (χ1v) is 7.65. The third kappa shape index (κ3) is 3.67. The lowest BCUT2D eigenvalue weighted by Gasteiger charge is -2.37. The Bertz CT molecular complexity index is 421. The van der Waals surface area contributed by atoms with Gasteiger partial charge in [0, 0.05) is 32.4 Å². The number of nitrogens with zero attached hydrogens (tertiary/aromatic N) is 3. The van der Waals surface area contributed by atoms with Gasteiger partial charge in [0.25, 0.3) is 0 Å². The minimum Gasteiger partial charge on any atom is -0.316 e. The molecule has 2 aliphatic heterocycles. The summed E-state index contributed by atoms with van der Waals surface area (Å²) in [5, 5.41) is 8.56. The van der Waals surface area contributed by atoms with Crippen molar-refractivity contribution in [2.24, 2.45) is 5.41 Å². The SMILES string of the molecule is CC1(CN2CCC(n3cc(Cl)cn3)CC2)CCNC1.Cl. The summed E-state index contributed by atoms with van der Waals surface area (Å²) in [5.74, 6) is 0. The van der Waals surface area contributed by atoms with E-state index in [1.54, 1.807) is 6.20 Å². The lowest BCUT2D eigenvalue weighted by atomic mass is 9.88. The molecule has 0 aliphatic carbocycles. The van der Waals surface area contributed by atoms with Gasteiger partial charge in [-0.05, 0) is 31.2 Å². The molecule has 114 valence electrons.